The molecule has 1 aliphatic carbocycles. The lowest BCUT2D eigenvalue weighted by atomic mass is 10.0. The van der Waals surface area contributed by atoms with Crippen LogP contribution in [-0.2, 0) is 0 Å². The molecule has 162 valence electrons. The summed E-state index contributed by atoms with van der Waals surface area (Å²) in [5, 5.41) is 20.7. The molecule has 1 saturated heterocycles. The van der Waals surface area contributed by atoms with Crippen LogP contribution in [0.15, 0.2) is 36.4 Å². The number of rotatable bonds is 5. The van der Waals surface area contributed by atoms with E-state index in [0.717, 1.165) is 12.8 Å². The summed E-state index contributed by atoms with van der Waals surface area (Å²) in [6, 6.07) is 11.4. The molecular formula is C22H22ClFN4O2S. The van der Waals surface area contributed by atoms with Crippen LogP contribution in [0.1, 0.15) is 32.3 Å². The average molecular weight is 461 g/mol. The molecule has 1 heterocycles. The maximum absolute atomic E-state index is 14.8. The first-order valence-corrected chi connectivity index (χ1v) is 10.6. The van der Waals surface area contributed by atoms with Gasteiger partial charge in [-0.3, -0.25) is 4.90 Å². The Labute approximate surface area is 190 Å². The third-order valence-electron chi connectivity index (χ3n) is 5.78. The third kappa shape index (κ3) is 3.83. The van der Waals surface area contributed by atoms with Crippen molar-refractivity contribution in [2.75, 3.05) is 16.4 Å². The highest BCUT2D eigenvalue weighted by atomic mass is 35.5. The molecule has 6 nitrogen and oxygen atoms in total. The van der Waals surface area contributed by atoms with Crippen LogP contribution in [0.2, 0.25) is 5.02 Å². The number of hydrogen-bond donors (Lipinski definition) is 2. The SMILES string of the molecule is CC1(C)C(O)N(c2ccc(C#N)c(Cl)c2)C(=S)N1c1ccc(OCC2(N)CC2)c(F)c1. The Hall–Kier alpha value is -2.44. The molecule has 1 saturated carbocycles. The smallest absolute Gasteiger partial charge is 0.183 e. The van der Waals surface area contributed by atoms with Gasteiger partial charge in [-0.15, -0.1) is 0 Å². The Morgan fingerprint density at radius 3 is 2.55 bits per heavy atom. The lowest BCUT2D eigenvalue weighted by Crippen LogP contribution is -2.47. The van der Waals surface area contributed by atoms with E-state index >= 15 is 0 Å². The number of thiocarbonyl (C=S) groups is 1. The maximum atomic E-state index is 14.8. The van der Waals surface area contributed by atoms with Gasteiger partial charge in [0.15, 0.2) is 22.9 Å². The minimum atomic E-state index is -1.03. The van der Waals surface area contributed by atoms with Gasteiger partial charge in [-0.05, 0) is 69.2 Å². The maximum Gasteiger partial charge on any atom is 0.183 e. The molecule has 0 spiro atoms. The zero-order valence-electron chi connectivity index (χ0n) is 17.1. The number of nitrogens with zero attached hydrogens (tertiary/aromatic N) is 3. The molecule has 4 rings (SSSR count). The van der Waals surface area contributed by atoms with E-state index < -0.39 is 17.6 Å². The zero-order valence-corrected chi connectivity index (χ0v) is 18.7. The lowest BCUT2D eigenvalue weighted by molar-refractivity contribution is 0.130. The van der Waals surface area contributed by atoms with Crippen molar-refractivity contribution in [1.82, 2.24) is 0 Å². The van der Waals surface area contributed by atoms with Crippen molar-refractivity contribution in [3.05, 3.63) is 52.8 Å². The molecule has 3 N–H and O–H groups in total. The van der Waals surface area contributed by atoms with E-state index in [2.05, 4.69) is 0 Å². The van der Waals surface area contributed by atoms with Crippen molar-refractivity contribution in [2.45, 2.75) is 44.0 Å². The molecule has 31 heavy (non-hydrogen) atoms. The van der Waals surface area contributed by atoms with E-state index in [4.69, 9.17) is 39.6 Å². The molecular weight excluding hydrogens is 439 g/mol. The van der Waals surface area contributed by atoms with Gasteiger partial charge in [0.25, 0.3) is 0 Å². The Kier molecular flexibility index (Phi) is 5.34. The summed E-state index contributed by atoms with van der Waals surface area (Å²) in [6.07, 6.45) is 0.710. The van der Waals surface area contributed by atoms with E-state index in [1.165, 1.54) is 11.0 Å². The highest BCUT2D eigenvalue weighted by Gasteiger charge is 2.50. The monoisotopic (exact) mass is 460 g/mol. The molecule has 0 bridgehead atoms. The third-order valence-corrected chi connectivity index (χ3v) is 6.47. The Morgan fingerprint density at radius 1 is 1.29 bits per heavy atom. The van der Waals surface area contributed by atoms with Crippen LogP contribution < -0.4 is 20.3 Å². The molecule has 9 heteroatoms. The highest BCUT2D eigenvalue weighted by Crippen LogP contribution is 2.41. The number of aliphatic hydroxyl groups excluding tert-OH is 1. The van der Waals surface area contributed by atoms with Crippen LogP contribution in [0.4, 0.5) is 15.8 Å². The first kappa shape index (κ1) is 21.8. The second-order valence-electron chi connectivity index (χ2n) is 8.56. The van der Waals surface area contributed by atoms with Crippen molar-refractivity contribution in [1.29, 1.82) is 5.26 Å². The van der Waals surface area contributed by atoms with Gasteiger partial charge >= 0.3 is 0 Å². The van der Waals surface area contributed by atoms with E-state index in [-0.39, 0.29) is 28.0 Å². The fourth-order valence-corrected chi connectivity index (χ4v) is 4.36. The fraction of sp³-hybridized carbons (Fsp3) is 0.364. The second-order valence-corrected chi connectivity index (χ2v) is 9.33. The molecule has 2 fully saturated rings. The molecule has 2 aromatic rings. The number of ether oxygens (including phenoxy) is 1. The minimum Gasteiger partial charge on any atom is -0.489 e. The molecule has 0 amide bonds. The quantitative estimate of drug-likeness (QED) is 0.654. The second kappa shape index (κ2) is 7.61. The molecule has 1 unspecified atom stereocenters. The molecule has 2 aliphatic rings. The summed E-state index contributed by atoms with van der Waals surface area (Å²) in [4.78, 5) is 3.23. The van der Waals surface area contributed by atoms with Crippen LogP contribution in [0, 0.1) is 17.1 Å². The van der Waals surface area contributed by atoms with Gasteiger partial charge in [0.2, 0.25) is 0 Å². The predicted octanol–water partition coefficient (Wildman–Crippen LogP) is 3.93. The van der Waals surface area contributed by atoms with E-state index in [1.54, 1.807) is 35.2 Å². The summed E-state index contributed by atoms with van der Waals surface area (Å²) in [6.45, 7) is 3.88. The van der Waals surface area contributed by atoms with Crippen molar-refractivity contribution in [2.24, 2.45) is 5.73 Å². The molecule has 1 atom stereocenters. The number of hydrogen-bond acceptors (Lipinski definition) is 5. The largest absolute Gasteiger partial charge is 0.489 e. The topological polar surface area (TPSA) is 85.8 Å². The first-order valence-electron chi connectivity index (χ1n) is 9.80. The van der Waals surface area contributed by atoms with Gasteiger partial charge < -0.3 is 20.5 Å². The van der Waals surface area contributed by atoms with Gasteiger partial charge in [-0.1, -0.05) is 11.6 Å². The zero-order chi connectivity index (χ0) is 22.6. The van der Waals surface area contributed by atoms with Gasteiger partial charge in [-0.25, -0.2) is 4.39 Å². The summed E-state index contributed by atoms with van der Waals surface area (Å²) in [7, 11) is 0. The fourth-order valence-electron chi connectivity index (χ4n) is 3.60. The van der Waals surface area contributed by atoms with Gasteiger partial charge in [0, 0.05) is 17.4 Å². The van der Waals surface area contributed by atoms with Crippen LogP contribution in [0.3, 0.4) is 0 Å². The van der Waals surface area contributed by atoms with Gasteiger partial charge in [0.1, 0.15) is 12.7 Å². The Morgan fingerprint density at radius 2 is 1.97 bits per heavy atom. The number of aliphatic hydroxyl groups is 1. The van der Waals surface area contributed by atoms with Crippen LogP contribution in [-0.4, -0.2) is 34.1 Å². The number of anilines is 2. The molecule has 1 aliphatic heterocycles. The molecule has 2 aromatic carbocycles. The standard InChI is InChI=1S/C22H22ClFN4O2S/c1-21(2)19(29)27(14-4-3-13(11-25)16(23)9-14)20(31)28(21)15-5-6-18(17(24)10-15)30-12-22(26)7-8-22/h3-6,9-10,19,29H,7-8,12,26H2,1-2H3. The summed E-state index contributed by atoms with van der Waals surface area (Å²) in [5.41, 5.74) is 6.13. The van der Waals surface area contributed by atoms with Crippen LogP contribution >= 0.6 is 23.8 Å². The normalized spacial score (nSPS) is 21.2. The summed E-state index contributed by atoms with van der Waals surface area (Å²) >= 11 is 11.8. The van der Waals surface area contributed by atoms with Crippen molar-refractivity contribution in [3.8, 4) is 11.8 Å². The predicted molar refractivity (Wildman–Crippen MR) is 122 cm³/mol. The van der Waals surface area contributed by atoms with E-state index in [9.17, 15) is 9.50 Å². The van der Waals surface area contributed by atoms with Gasteiger partial charge in [-0.2, -0.15) is 5.26 Å². The highest BCUT2D eigenvalue weighted by molar-refractivity contribution is 7.80. The van der Waals surface area contributed by atoms with E-state index in [1.807, 2.05) is 19.9 Å². The van der Waals surface area contributed by atoms with E-state index in [0.29, 0.717) is 16.9 Å². The number of nitrogens with two attached hydrogens (primary N) is 1. The van der Waals surface area contributed by atoms with Crippen molar-refractivity contribution < 1.29 is 14.2 Å². The Bertz CT molecular complexity index is 1100. The summed E-state index contributed by atoms with van der Waals surface area (Å²) in [5.74, 6) is -0.408. The average Bonchev–Trinajstić information content (AvgIpc) is 3.41. The number of nitriles is 1. The Balaban J connectivity index is 1.64. The number of halogens is 2. The van der Waals surface area contributed by atoms with Crippen molar-refractivity contribution >= 4 is 40.3 Å². The molecule has 0 radical (unpaired) electrons. The lowest BCUT2D eigenvalue weighted by Gasteiger charge is -2.33. The summed E-state index contributed by atoms with van der Waals surface area (Å²) < 4.78 is 20.3. The van der Waals surface area contributed by atoms with Gasteiger partial charge in [0.05, 0.1) is 21.7 Å². The minimum absolute atomic E-state index is 0.125. The van der Waals surface area contributed by atoms with Crippen molar-refractivity contribution in [3.63, 3.8) is 0 Å². The number of benzene rings is 2. The molecule has 0 aromatic heterocycles. The van der Waals surface area contributed by atoms with Crippen LogP contribution in [0.5, 0.6) is 5.75 Å². The first-order chi connectivity index (χ1) is 14.6. The van der Waals surface area contributed by atoms with Crippen LogP contribution in [0.25, 0.3) is 0 Å².